The summed E-state index contributed by atoms with van der Waals surface area (Å²) in [6.45, 7) is 4.16. The first-order valence-electron chi connectivity index (χ1n) is 8.51. The molecule has 26 heavy (non-hydrogen) atoms. The van der Waals surface area contributed by atoms with Crippen LogP contribution in [-0.2, 0) is 9.09 Å². The second-order valence-electron chi connectivity index (χ2n) is 6.21. The SMILES string of the molecule is CCOP(=O)(c1ccccc1)c1nc(-c2ccc(C)cc2)oc1N(C)C. The number of aromatic nitrogens is 1. The summed E-state index contributed by atoms with van der Waals surface area (Å²) in [4.78, 5) is 6.37. The molecule has 1 heterocycles. The molecule has 1 atom stereocenters. The molecule has 5 nitrogen and oxygen atoms in total. The molecule has 0 radical (unpaired) electrons. The fraction of sp³-hybridized carbons (Fsp3) is 0.250. The summed E-state index contributed by atoms with van der Waals surface area (Å²) < 4.78 is 25.6. The molecule has 0 aliphatic carbocycles. The molecule has 0 aliphatic rings. The molecule has 0 saturated carbocycles. The Morgan fingerprint density at radius 2 is 1.73 bits per heavy atom. The third-order valence-corrected chi connectivity index (χ3v) is 6.43. The maximum Gasteiger partial charge on any atom is 0.284 e. The zero-order chi connectivity index (χ0) is 18.7. The highest BCUT2D eigenvalue weighted by Crippen LogP contribution is 2.47. The molecule has 6 heteroatoms. The lowest BCUT2D eigenvalue weighted by Crippen LogP contribution is -2.24. The lowest BCUT2D eigenvalue weighted by molar-refractivity contribution is 0.347. The highest BCUT2D eigenvalue weighted by Gasteiger charge is 2.36. The topological polar surface area (TPSA) is 55.6 Å². The molecular formula is C20H23N2O3P. The monoisotopic (exact) mass is 370 g/mol. The van der Waals surface area contributed by atoms with Crippen molar-refractivity contribution in [1.29, 1.82) is 0 Å². The summed E-state index contributed by atoms with van der Waals surface area (Å²) in [5.74, 6) is 0.876. The molecule has 1 unspecified atom stereocenters. The van der Waals surface area contributed by atoms with Crippen molar-refractivity contribution in [3.05, 3.63) is 60.2 Å². The van der Waals surface area contributed by atoms with Crippen molar-refractivity contribution in [2.45, 2.75) is 13.8 Å². The van der Waals surface area contributed by atoms with E-state index in [0.29, 0.717) is 29.1 Å². The van der Waals surface area contributed by atoms with Crippen LogP contribution in [0.5, 0.6) is 0 Å². The molecule has 0 amide bonds. The Morgan fingerprint density at radius 1 is 1.08 bits per heavy atom. The van der Waals surface area contributed by atoms with E-state index in [-0.39, 0.29) is 0 Å². The van der Waals surface area contributed by atoms with E-state index in [1.54, 1.807) is 17.0 Å². The maximum atomic E-state index is 13.9. The average molecular weight is 370 g/mol. The van der Waals surface area contributed by atoms with Gasteiger partial charge in [0.25, 0.3) is 7.37 Å². The highest BCUT2D eigenvalue weighted by atomic mass is 31.2. The van der Waals surface area contributed by atoms with Gasteiger partial charge in [-0.15, -0.1) is 0 Å². The second kappa shape index (κ2) is 7.48. The zero-order valence-electron chi connectivity index (χ0n) is 15.5. The van der Waals surface area contributed by atoms with E-state index in [1.165, 1.54) is 0 Å². The predicted octanol–water partition coefficient (Wildman–Crippen LogP) is 3.98. The van der Waals surface area contributed by atoms with Gasteiger partial charge in [-0.25, -0.2) is 4.98 Å². The summed E-state index contributed by atoms with van der Waals surface area (Å²) in [6.07, 6.45) is 0. The largest absolute Gasteiger partial charge is 0.420 e. The molecule has 0 fully saturated rings. The number of anilines is 1. The summed E-state index contributed by atoms with van der Waals surface area (Å²) in [7, 11) is 0.304. The predicted molar refractivity (Wildman–Crippen MR) is 106 cm³/mol. The number of nitrogens with zero attached hydrogens (tertiary/aromatic N) is 2. The Hall–Kier alpha value is -2.36. The molecule has 0 N–H and O–H groups in total. The Kier molecular flexibility index (Phi) is 5.30. The van der Waals surface area contributed by atoms with Crippen molar-refractivity contribution in [3.8, 4) is 11.5 Å². The molecule has 0 bridgehead atoms. The second-order valence-corrected chi connectivity index (χ2v) is 8.51. The summed E-state index contributed by atoms with van der Waals surface area (Å²) in [5.41, 5.74) is 2.32. The molecule has 3 rings (SSSR count). The van der Waals surface area contributed by atoms with Crippen LogP contribution in [0.25, 0.3) is 11.5 Å². The summed E-state index contributed by atoms with van der Waals surface area (Å²) in [6, 6.07) is 17.0. The normalized spacial score (nSPS) is 13.4. The molecule has 3 aromatic rings. The smallest absolute Gasteiger partial charge is 0.284 e. The number of hydrogen-bond donors (Lipinski definition) is 0. The van der Waals surface area contributed by atoms with Crippen LogP contribution in [0, 0.1) is 6.92 Å². The minimum Gasteiger partial charge on any atom is -0.420 e. The van der Waals surface area contributed by atoms with Crippen molar-refractivity contribution < 1.29 is 13.5 Å². The van der Waals surface area contributed by atoms with E-state index in [1.807, 2.05) is 70.4 Å². The van der Waals surface area contributed by atoms with Gasteiger partial charge in [0, 0.05) is 25.0 Å². The van der Waals surface area contributed by atoms with Crippen LogP contribution in [0.2, 0.25) is 0 Å². The van der Waals surface area contributed by atoms with Gasteiger partial charge in [-0.1, -0.05) is 35.9 Å². The standard InChI is InChI=1S/C20H23N2O3P/c1-5-24-26(23,17-9-7-6-8-10-17)19-20(22(3)4)25-18(21-19)16-13-11-15(2)12-14-16/h6-14H,5H2,1-4H3. The number of rotatable bonds is 6. The molecule has 2 aromatic carbocycles. The van der Waals surface area contributed by atoms with Crippen LogP contribution in [0.3, 0.4) is 0 Å². The van der Waals surface area contributed by atoms with Crippen molar-refractivity contribution >= 4 is 24.0 Å². The van der Waals surface area contributed by atoms with E-state index in [0.717, 1.165) is 11.1 Å². The maximum absolute atomic E-state index is 13.9. The van der Waals surface area contributed by atoms with Gasteiger partial charge in [-0.2, -0.15) is 0 Å². The molecule has 136 valence electrons. The van der Waals surface area contributed by atoms with E-state index in [9.17, 15) is 4.57 Å². The van der Waals surface area contributed by atoms with Crippen molar-refractivity contribution in [3.63, 3.8) is 0 Å². The van der Waals surface area contributed by atoms with Gasteiger partial charge in [-0.3, -0.25) is 4.57 Å². The van der Waals surface area contributed by atoms with Crippen LogP contribution in [0.1, 0.15) is 12.5 Å². The molecule has 0 saturated heterocycles. The lowest BCUT2D eigenvalue weighted by atomic mass is 10.1. The average Bonchev–Trinajstić information content (AvgIpc) is 3.09. The highest BCUT2D eigenvalue weighted by molar-refractivity contribution is 7.74. The number of aryl methyl sites for hydroxylation is 1. The first-order valence-corrected chi connectivity index (χ1v) is 10.1. The first kappa shape index (κ1) is 18.4. The first-order chi connectivity index (χ1) is 12.5. The van der Waals surface area contributed by atoms with Gasteiger partial charge >= 0.3 is 0 Å². The van der Waals surface area contributed by atoms with Crippen LogP contribution in [0.15, 0.2) is 59.0 Å². The van der Waals surface area contributed by atoms with Gasteiger partial charge in [0.1, 0.15) is 0 Å². The molecule has 1 aromatic heterocycles. The Balaban J connectivity index is 2.18. The van der Waals surface area contributed by atoms with Gasteiger partial charge in [0.05, 0.1) is 6.61 Å². The van der Waals surface area contributed by atoms with Crippen LogP contribution in [-0.4, -0.2) is 25.7 Å². The van der Waals surface area contributed by atoms with E-state index in [2.05, 4.69) is 4.98 Å². The summed E-state index contributed by atoms with van der Waals surface area (Å²) >= 11 is 0. The third-order valence-electron chi connectivity index (χ3n) is 3.98. The van der Waals surface area contributed by atoms with Gasteiger partial charge in [0.15, 0.2) is 5.44 Å². The number of benzene rings is 2. The van der Waals surface area contributed by atoms with Crippen molar-refractivity contribution in [2.75, 3.05) is 25.6 Å². The molecular weight excluding hydrogens is 347 g/mol. The van der Waals surface area contributed by atoms with Gasteiger partial charge < -0.3 is 13.8 Å². The van der Waals surface area contributed by atoms with E-state index >= 15 is 0 Å². The van der Waals surface area contributed by atoms with Crippen molar-refractivity contribution in [1.82, 2.24) is 4.98 Å². The minimum atomic E-state index is -3.37. The number of oxazole rings is 1. The Bertz CT molecular complexity index is 918. The minimum absolute atomic E-state index is 0.311. The van der Waals surface area contributed by atoms with Crippen molar-refractivity contribution in [2.24, 2.45) is 0 Å². The fourth-order valence-corrected chi connectivity index (χ4v) is 4.83. The van der Waals surface area contributed by atoms with Gasteiger partial charge in [0.2, 0.25) is 11.8 Å². The zero-order valence-corrected chi connectivity index (χ0v) is 16.4. The van der Waals surface area contributed by atoms with Crippen LogP contribution >= 0.6 is 7.37 Å². The summed E-state index contributed by atoms with van der Waals surface area (Å²) in [5, 5.41) is 0.605. The number of hydrogen-bond acceptors (Lipinski definition) is 5. The van der Waals surface area contributed by atoms with Crippen LogP contribution < -0.4 is 15.6 Å². The third kappa shape index (κ3) is 3.46. The van der Waals surface area contributed by atoms with Gasteiger partial charge in [-0.05, 0) is 38.1 Å². The van der Waals surface area contributed by atoms with E-state index in [4.69, 9.17) is 8.94 Å². The Morgan fingerprint density at radius 3 is 2.31 bits per heavy atom. The lowest BCUT2D eigenvalue weighted by Gasteiger charge is -2.18. The molecule has 0 spiro atoms. The van der Waals surface area contributed by atoms with E-state index < -0.39 is 7.37 Å². The molecule has 0 aliphatic heterocycles. The fourth-order valence-electron chi connectivity index (χ4n) is 2.67. The van der Waals surface area contributed by atoms with Crippen LogP contribution in [0.4, 0.5) is 5.88 Å². The quantitative estimate of drug-likeness (QED) is 0.615. The Labute approximate surface area is 154 Å².